The molecule has 6 nitrogen and oxygen atoms in total. The molecule has 3 aromatic rings. The molecular formula is C22H18INO5. The number of rotatable bonds is 8. The molecule has 0 aliphatic carbocycles. The summed E-state index contributed by atoms with van der Waals surface area (Å²) in [6.45, 7) is -0.433. The molecule has 0 aliphatic heterocycles. The maximum Gasteiger partial charge on any atom is 0.341 e. The van der Waals surface area contributed by atoms with Crippen LogP contribution >= 0.6 is 22.6 Å². The number of aliphatic carboxylic acids is 1. The molecule has 0 saturated heterocycles. The number of carboxylic acid groups (broad SMARTS) is 1. The van der Waals surface area contributed by atoms with Gasteiger partial charge in [-0.05, 0) is 76.7 Å². The van der Waals surface area contributed by atoms with Gasteiger partial charge < -0.3 is 19.3 Å². The highest BCUT2D eigenvalue weighted by molar-refractivity contribution is 14.1. The normalized spacial score (nSPS) is 10.7. The SMILES string of the molecule is COc1cc(C=Nc2ccc(Oc3ccccc3)cc2)cc(I)c1OCC(=O)O. The van der Waals surface area contributed by atoms with E-state index in [0.29, 0.717) is 11.5 Å². The second kappa shape index (κ2) is 9.92. The van der Waals surface area contributed by atoms with Crippen molar-refractivity contribution in [2.24, 2.45) is 4.99 Å². The van der Waals surface area contributed by atoms with Crippen LogP contribution < -0.4 is 14.2 Å². The zero-order valence-corrected chi connectivity index (χ0v) is 17.7. The third-order valence-electron chi connectivity index (χ3n) is 3.77. The van der Waals surface area contributed by atoms with Crippen LogP contribution in [0.1, 0.15) is 5.56 Å². The minimum absolute atomic E-state index is 0.398. The number of halogens is 1. The van der Waals surface area contributed by atoms with E-state index >= 15 is 0 Å². The second-order valence-corrected chi connectivity index (χ2v) is 7.05. The molecule has 1 N–H and O–H groups in total. The van der Waals surface area contributed by atoms with Crippen molar-refractivity contribution in [2.45, 2.75) is 0 Å². The number of methoxy groups -OCH3 is 1. The van der Waals surface area contributed by atoms with Gasteiger partial charge in [0.25, 0.3) is 0 Å². The van der Waals surface area contributed by atoms with Crippen LogP contribution in [0.3, 0.4) is 0 Å². The Morgan fingerprint density at radius 1 is 1.07 bits per heavy atom. The van der Waals surface area contributed by atoms with Gasteiger partial charge in [0.15, 0.2) is 18.1 Å². The smallest absolute Gasteiger partial charge is 0.341 e. The summed E-state index contributed by atoms with van der Waals surface area (Å²) >= 11 is 2.07. The van der Waals surface area contributed by atoms with Crippen molar-refractivity contribution in [3.63, 3.8) is 0 Å². The van der Waals surface area contributed by atoms with Crippen molar-refractivity contribution in [1.29, 1.82) is 0 Å². The number of nitrogens with zero attached hydrogens (tertiary/aromatic N) is 1. The lowest BCUT2D eigenvalue weighted by molar-refractivity contribution is -0.139. The lowest BCUT2D eigenvalue weighted by atomic mass is 10.2. The third-order valence-corrected chi connectivity index (χ3v) is 4.57. The van der Waals surface area contributed by atoms with Crippen molar-refractivity contribution < 1.29 is 24.1 Å². The summed E-state index contributed by atoms with van der Waals surface area (Å²) in [5, 5.41) is 8.80. The number of hydrogen-bond acceptors (Lipinski definition) is 5. The largest absolute Gasteiger partial charge is 0.493 e. The monoisotopic (exact) mass is 503 g/mol. The molecule has 7 heteroatoms. The molecule has 148 valence electrons. The Morgan fingerprint density at radius 3 is 2.41 bits per heavy atom. The average molecular weight is 503 g/mol. The highest BCUT2D eigenvalue weighted by atomic mass is 127. The van der Waals surface area contributed by atoms with Crippen molar-refractivity contribution in [3.05, 3.63) is 75.9 Å². The molecular weight excluding hydrogens is 485 g/mol. The molecule has 0 bridgehead atoms. The summed E-state index contributed by atoms with van der Waals surface area (Å²) in [6.07, 6.45) is 1.71. The zero-order chi connectivity index (χ0) is 20.6. The first-order valence-electron chi connectivity index (χ1n) is 8.64. The van der Waals surface area contributed by atoms with E-state index in [1.807, 2.05) is 60.7 Å². The quantitative estimate of drug-likeness (QED) is 0.333. The number of aliphatic imine (C=N–C) groups is 1. The molecule has 0 spiro atoms. The highest BCUT2D eigenvalue weighted by Gasteiger charge is 2.12. The van der Waals surface area contributed by atoms with Gasteiger partial charge in [0.05, 0.1) is 16.4 Å². The van der Waals surface area contributed by atoms with E-state index in [1.165, 1.54) is 7.11 Å². The molecule has 0 unspecified atom stereocenters. The van der Waals surface area contributed by atoms with Crippen LogP contribution in [-0.4, -0.2) is 31.0 Å². The van der Waals surface area contributed by atoms with Crippen LogP contribution in [0.15, 0.2) is 71.7 Å². The number of ether oxygens (including phenoxy) is 3. The van der Waals surface area contributed by atoms with Crippen molar-refractivity contribution in [2.75, 3.05) is 13.7 Å². The van der Waals surface area contributed by atoms with Crippen LogP contribution in [0.25, 0.3) is 0 Å². The fraction of sp³-hybridized carbons (Fsp3) is 0.0909. The Balaban J connectivity index is 1.72. The number of carboxylic acids is 1. The summed E-state index contributed by atoms with van der Waals surface area (Å²) < 4.78 is 17.1. The van der Waals surface area contributed by atoms with Gasteiger partial charge in [-0.2, -0.15) is 0 Å². The minimum Gasteiger partial charge on any atom is -0.493 e. The van der Waals surface area contributed by atoms with Gasteiger partial charge in [-0.15, -0.1) is 0 Å². The van der Waals surface area contributed by atoms with E-state index in [4.69, 9.17) is 19.3 Å². The van der Waals surface area contributed by atoms with E-state index in [-0.39, 0.29) is 0 Å². The number of hydrogen-bond donors (Lipinski definition) is 1. The van der Waals surface area contributed by atoms with Crippen LogP contribution in [0.5, 0.6) is 23.0 Å². The molecule has 3 rings (SSSR count). The first-order chi connectivity index (χ1) is 14.0. The van der Waals surface area contributed by atoms with Gasteiger partial charge >= 0.3 is 5.97 Å². The summed E-state index contributed by atoms with van der Waals surface area (Å²) in [5.74, 6) is 1.30. The average Bonchev–Trinajstić information content (AvgIpc) is 2.72. The minimum atomic E-state index is -1.05. The lowest BCUT2D eigenvalue weighted by Gasteiger charge is -2.12. The van der Waals surface area contributed by atoms with Crippen LogP contribution in [-0.2, 0) is 4.79 Å². The molecule has 3 aromatic carbocycles. The fourth-order valence-corrected chi connectivity index (χ4v) is 3.24. The fourth-order valence-electron chi connectivity index (χ4n) is 2.46. The first-order valence-corrected chi connectivity index (χ1v) is 9.72. The molecule has 0 atom stereocenters. The summed E-state index contributed by atoms with van der Waals surface area (Å²) in [7, 11) is 1.51. The lowest BCUT2D eigenvalue weighted by Crippen LogP contribution is -2.11. The standard InChI is InChI=1S/C22H18INO5/c1-27-20-12-15(11-19(23)22(20)28-14-21(25)26)13-24-16-7-9-18(10-8-16)29-17-5-3-2-4-6-17/h2-13H,14H2,1H3,(H,25,26). The zero-order valence-electron chi connectivity index (χ0n) is 15.5. The first kappa shape index (κ1) is 20.7. The number of carbonyl (C=O) groups is 1. The van der Waals surface area contributed by atoms with E-state index in [2.05, 4.69) is 27.6 Å². The van der Waals surface area contributed by atoms with Crippen LogP contribution in [0.4, 0.5) is 5.69 Å². The molecule has 29 heavy (non-hydrogen) atoms. The Labute approximate surface area is 181 Å². The van der Waals surface area contributed by atoms with Crippen molar-refractivity contribution >= 4 is 40.5 Å². The predicted octanol–water partition coefficient (Wildman–Crippen LogP) is 5.31. The van der Waals surface area contributed by atoms with E-state index in [0.717, 1.165) is 26.3 Å². The maximum absolute atomic E-state index is 10.7. The molecule has 0 heterocycles. The molecule has 0 aliphatic rings. The Morgan fingerprint density at radius 2 is 1.76 bits per heavy atom. The summed E-state index contributed by atoms with van der Waals surface area (Å²) in [6, 6.07) is 20.6. The van der Waals surface area contributed by atoms with Gasteiger partial charge in [0.2, 0.25) is 0 Å². The van der Waals surface area contributed by atoms with Gasteiger partial charge in [-0.3, -0.25) is 4.99 Å². The second-order valence-electron chi connectivity index (χ2n) is 5.88. The molecule has 0 aromatic heterocycles. The predicted molar refractivity (Wildman–Crippen MR) is 119 cm³/mol. The van der Waals surface area contributed by atoms with E-state index in [1.54, 1.807) is 12.3 Å². The molecule has 0 radical (unpaired) electrons. The molecule has 0 amide bonds. The molecule has 0 saturated carbocycles. The van der Waals surface area contributed by atoms with Gasteiger partial charge in [-0.1, -0.05) is 18.2 Å². The number of para-hydroxylation sites is 1. The Hall–Kier alpha value is -3.07. The number of benzene rings is 3. The Bertz CT molecular complexity index is 1000. The van der Waals surface area contributed by atoms with Crippen molar-refractivity contribution in [3.8, 4) is 23.0 Å². The van der Waals surface area contributed by atoms with Gasteiger partial charge in [-0.25, -0.2) is 4.79 Å². The van der Waals surface area contributed by atoms with Crippen molar-refractivity contribution in [1.82, 2.24) is 0 Å². The third kappa shape index (κ3) is 5.95. The highest BCUT2D eigenvalue weighted by Crippen LogP contribution is 2.33. The summed E-state index contributed by atoms with van der Waals surface area (Å²) in [4.78, 5) is 15.2. The topological polar surface area (TPSA) is 77.3 Å². The van der Waals surface area contributed by atoms with E-state index in [9.17, 15) is 4.79 Å². The van der Waals surface area contributed by atoms with Crippen LogP contribution in [0, 0.1) is 3.57 Å². The van der Waals surface area contributed by atoms with Gasteiger partial charge in [0, 0.05) is 6.21 Å². The Kier molecular flexibility index (Phi) is 7.07. The van der Waals surface area contributed by atoms with E-state index < -0.39 is 12.6 Å². The summed E-state index contributed by atoms with van der Waals surface area (Å²) in [5.41, 5.74) is 1.57. The maximum atomic E-state index is 10.7. The van der Waals surface area contributed by atoms with Gasteiger partial charge in [0.1, 0.15) is 11.5 Å². The van der Waals surface area contributed by atoms with Crippen LogP contribution in [0.2, 0.25) is 0 Å². The molecule has 0 fully saturated rings.